The molecular formula is C16H26O2. The van der Waals surface area contributed by atoms with Gasteiger partial charge in [0, 0.05) is 5.92 Å². The SMILES string of the molecule is C=C1CC[C@H]2C(C)(C)CCC[C@]2(C)[C@H]1COC=O. The normalized spacial score (nSPS) is 38.9. The first-order valence-electron chi connectivity index (χ1n) is 7.15. The first-order valence-corrected chi connectivity index (χ1v) is 7.15. The summed E-state index contributed by atoms with van der Waals surface area (Å²) in [6.45, 7) is 12.5. The fraction of sp³-hybridized carbons (Fsp3) is 0.812. The van der Waals surface area contributed by atoms with E-state index in [0.717, 1.165) is 12.3 Å². The van der Waals surface area contributed by atoms with Crippen LogP contribution in [0.25, 0.3) is 0 Å². The zero-order valence-corrected chi connectivity index (χ0v) is 12.0. The second kappa shape index (κ2) is 4.71. The van der Waals surface area contributed by atoms with Crippen LogP contribution in [-0.4, -0.2) is 13.1 Å². The third-order valence-electron chi connectivity index (χ3n) is 5.65. The van der Waals surface area contributed by atoms with Gasteiger partial charge in [0.05, 0.1) is 6.61 Å². The zero-order valence-electron chi connectivity index (χ0n) is 12.0. The van der Waals surface area contributed by atoms with Crippen LogP contribution >= 0.6 is 0 Å². The second-order valence-corrected chi connectivity index (χ2v) is 7.08. The molecule has 0 aliphatic heterocycles. The molecule has 18 heavy (non-hydrogen) atoms. The van der Waals surface area contributed by atoms with Gasteiger partial charge in [-0.25, -0.2) is 0 Å². The van der Waals surface area contributed by atoms with Gasteiger partial charge in [-0.1, -0.05) is 39.3 Å². The smallest absolute Gasteiger partial charge is 0.293 e. The minimum Gasteiger partial charge on any atom is -0.467 e. The van der Waals surface area contributed by atoms with E-state index in [1.165, 1.54) is 31.3 Å². The molecular weight excluding hydrogens is 224 g/mol. The van der Waals surface area contributed by atoms with Crippen LogP contribution in [0.4, 0.5) is 0 Å². The molecule has 2 nitrogen and oxygen atoms in total. The molecule has 2 saturated carbocycles. The lowest BCUT2D eigenvalue weighted by Gasteiger charge is -2.57. The van der Waals surface area contributed by atoms with Gasteiger partial charge in [-0.2, -0.15) is 0 Å². The lowest BCUT2D eigenvalue weighted by molar-refractivity contribution is -0.134. The van der Waals surface area contributed by atoms with E-state index in [1.54, 1.807) is 0 Å². The molecule has 0 radical (unpaired) electrons. The number of rotatable bonds is 3. The average Bonchev–Trinajstić information content (AvgIpc) is 2.27. The number of fused-ring (bicyclic) bond motifs is 1. The summed E-state index contributed by atoms with van der Waals surface area (Å²) in [7, 11) is 0. The molecule has 0 saturated heterocycles. The highest BCUT2D eigenvalue weighted by atomic mass is 16.5. The number of carbonyl (C=O) groups excluding carboxylic acids is 1. The third-order valence-corrected chi connectivity index (χ3v) is 5.65. The van der Waals surface area contributed by atoms with Gasteiger partial charge in [-0.15, -0.1) is 0 Å². The molecule has 102 valence electrons. The number of ether oxygens (including phenoxy) is 1. The van der Waals surface area contributed by atoms with Crippen LogP contribution in [0.15, 0.2) is 12.2 Å². The molecule has 0 bridgehead atoms. The van der Waals surface area contributed by atoms with Crippen LogP contribution in [0.5, 0.6) is 0 Å². The monoisotopic (exact) mass is 250 g/mol. The van der Waals surface area contributed by atoms with Crippen LogP contribution in [0.1, 0.15) is 52.9 Å². The van der Waals surface area contributed by atoms with Crippen molar-refractivity contribution in [2.45, 2.75) is 52.9 Å². The van der Waals surface area contributed by atoms with Crippen LogP contribution in [0, 0.1) is 22.7 Å². The van der Waals surface area contributed by atoms with Crippen molar-refractivity contribution in [3.05, 3.63) is 12.2 Å². The summed E-state index contributed by atoms with van der Waals surface area (Å²) < 4.78 is 5.08. The maximum absolute atomic E-state index is 10.5. The Morgan fingerprint density at radius 1 is 1.39 bits per heavy atom. The largest absolute Gasteiger partial charge is 0.467 e. The lowest BCUT2D eigenvalue weighted by atomic mass is 9.48. The molecule has 0 aromatic rings. The highest BCUT2D eigenvalue weighted by Gasteiger charge is 2.52. The van der Waals surface area contributed by atoms with E-state index in [4.69, 9.17) is 4.74 Å². The van der Waals surface area contributed by atoms with Crippen molar-refractivity contribution in [3.8, 4) is 0 Å². The molecule has 2 rings (SSSR count). The van der Waals surface area contributed by atoms with E-state index in [0.29, 0.717) is 24.4 Å². The molecule has 0 aromatic carbocycles. The van der Waals surface area contributed by atoms with Gasteiger partial charge in [0.1, 0.15) is 0 Å². The zero-order chi connectivity index (χ0) is 13.4. The fourth-order valence-electron chi connectivity index (χ4n) is 4.72. The Labute approximate surface area is 111 Å². The minimum atomic E-state index is 0.264. The van der Waals surface area contributed by atoms with Crippen LogP contribution in [0.2, 0.25) is 0 Å². The highest BCUT2D eigenvalue weighted by Crippen LogP contribution is 2.60. The Morgan fingerprint density at radius 3 is 2.78 bits per heavy atom. The molecule has 0 amide bonds. The van der Waals surface area contributed by atoms with Gasteiger partial charge >= 0.3 is 0 Å². The van der Waals surface area contributed by atoms with Gasteiger partial charge < -0.3 is 4.74 Å². The Balaban J connectivity index is 2.27. The van der Waals surface area contributed by atoms with Gasteiger partial charge in [0.25, 0.3) is 6.47 Å². The quantitative estimate of drug-likeness (QED) is 0.560. The van der Waals surface area contributed by atoms with Crippen molar-refractivity contribution < 1.29 is 9.53 Å². The lowest BCUT2D eigenvalue weighted by Crippen LogP contribution is -2.50. The topological polar surface area (TPSA) is 26.3 Å². The maximum Gasteiger partial charge on any atom is 0.293 e. The summed E-state index contributed by atoms with van der Waals surface area (Å²) in [4.78, 5) is 10.5. The van der Waals surface area contributed by atoms with Crippen LogP contribution in [-0.2, 0) is 9.53 Å². The molecule has 2 fully saturated rings. The Kier molecular flexibility index (Phi) is 3.57. The number of hydrogen-bond acceptors (Lipinski definition) is 2. The standard InChI is InChI=1S/C16H26O2/c1-12-6-7-14-15(2,3)8-5-9-16(14,4)13(12)10-18-11-17/h11,13-14H,1,5-10H2,2-4H3/t13-,14-,16+/m0/s1. The third kappa shape index (κ3) is 2.10. The van der Waals surface area contributed by atoms with E-state index in [9.17, 15) is 4.79 Å². The van der Waals surface area contributed by atoms with Gasteiger partial charge in [0.2, 0.25) is 0 Å². The first kappa shape index (κ1) is 13.6. The van der Waals surface area contributed by atoms with Crippen molar-refractivity contribution in [2.24, 2.45) is 22.7 Å². The number of hydrogen-bond donors (Lipinski definition) is 0. The summed E-state index contributed by atoms with van der Waals surface area (Å²) in [6, 6.07) is 0. The highest BCUT2D eigenvalue weighted by molar-refractivity contribution is 5.37. The van der Waals surface area contributed by atoms with Gasteiger partial charge in [-0.05, 0) is 42.4 Å². The predicted molar refractivity (Wildman–Crippen MR) is 73.1 cm³/mol. The van der Waals surface area contributed by atoms with E-state index in [1.807, 2.05) is 0 Å². The molecule has 2 aliphatic carbocycles. The number of carbonyl (C=O) groups is 1. The molecule has 0 aromatic heterocycles. The van der Waals surface area contributed by atoms with Gasteiger partial charge in [-0.3, -0.25) is 4.79 Å². The maximum atomic E-state index is 10.5. The van der Waals surface area contributed by atoms with Crippen molar-refractivity contribution in [1.29, 1.82) is 0 Å². The van der Waals surface area contributed by atoms with E-state index in [-0.39, 0.29) is 5.41 Å². The molecule has 3 atom stereocenters. The summed E-state index contributed by atoms with van der Waals surface area (Å²) in [5.74, 6) is 1.07. The van der Waals surface area contributed by atoms with Crippen molar-refractivity contribution >= 4 is 6.47 Å². The Hall–Kier alpha value is -0.790. The van der Waals surface area contributed by atoms with E-state index in [2.05, 4.69) is 27.4 Å². The molecule has 2 aliphatic rings. The summed E-state index contributed by atoms with van der Waals surface area (Å²) in [5, 5.41) is 0. The van der Waals surface area contributed by atoms with Crippen molar-refractivity contribution in [3.63, 3.8) is 0 Å². The van der Waals surface area contributed by atoms with E-state index >= 15 is 0 Å². The van der Waals surface area contributed by atoms with Crippen LogP contribution < -0.4 is 0 Å². The molecule has 0 heterocycles. The van der Waals surface area contributed by atoms with Crippen molar-refractivity contribution in [2.75, 3.05) is 6.61 Å². The molecule has 2 heteroatoms. The summed E-state index contributed by atoms with van der Waals surface area (Å²) in [6.07, 6.45) is 6.19. The molecule has 0 spiro atoms. The van der Waals surface area contributed by atoms with Gasteiger partial charge in [0.15, 0.2) is 0 Å². The molecule has 0 unspecified atom stereocenters. The van der Waals surface area contributed by atoms with Crippen molar-refractivity contribution in [1.82, 2.24) is 0 Å². The Bertz CT molecular complexity index is 345. The summed E-state index contributed by atoms with van der Waals surface area (Å²) in [5.41, 5.74) is 1.96. The predicted octanol–water partition coefficient (Wildman–Crippen LogP) is 3.96. The minimum absolute atomic E-state index is 0.264. The van der Waals surface area contributed by atoms with E-state index < -0.39 is 0 Å². The van der Waals surface area contributed by atoms with Crippen LogP contribution in [0.3, 0.4) is 0 Å². The fourth-order valence-corrected chi connectivity index (χ4v) is 4.72. The molecule has 0 N–H and O–H groups in total. The first-order chi connectivity index (χ1) is 8.42. The second-order valence-electron chi connectivity index (χ2n) is 7.08. The Morgan fingerprint density at radius 2 is 2.11 bits per heavy atom. The average molecular weight is 250 g/mol. The summed E-state index contributed by atoms with van der Waals surface area (Å²) >= 11 is 0.